The molecular weight excluding hydrogens is 320 g/mol. The number of halogens is 1. The van der Waals surface area contributed by atoms with Gasteiger partial charge in [-0.25, -0.2) is 0 Å². The Labute approximate surface area is 140 Å². The molecule has 0 amide bonds. The normalized spacial score (nSPS) is 13.7. The fourth-order valence-electron chi connectivity index (χ4n) is 2.43. The number of hydrogen-bond donors (Lipinski definition) is 2. The first kappa shape index (κ1) is 15.7. The van der Waals surface area contributed by atoms with Crippen LogP contribution in [-0.4, -0.2) is 13.6 Å². The molecule has 6 nitrogen and oxygen atoms in total. The number of hydrogen-bond acceptors (Lipinski definition) is 6. The molecule has 0 radical (unpaired) electrons. The maximum Gasteiger partial charge on any atom is 0.231 e. The fourth-order valence-corrected chi connectivity index (χ4v) is 2.43. The lowest BCUT2D eigenvalue weighted by atomic mass is 10.2. The summed E-state index contributed by atoms with van der Waals surface area (Å²) in [6.07, 6.45) is 0. The van der Waals surface area contributed by atoms with Crippen molar-refractivity contribution in [3.63, 3.8) is 0 Å². The summed E-state index contributed by atoms with van der Waals surface area (Å²) in [6, 6.07) is 11.9. The average Bonchev–Trinajstić information content (AvgIpc) is 3.19. The lowest BCUT2D eigenvalue weighted by Gasteiger charge is -2.08. The van der Waals surface area contributed by atoms with Gasteiger partial charge in [-0.2, -0.15) is 0 Å². The number of hydrazine groups is 1. The molecule has 0 atom stereocenters. The standard InChI is InChI=1S/C16H16N2O4.ClH/c1-3-13-15(21-9-19-13)5-11(1)7-17-18-8-12-2-4-14-16(6-12)22-10-20-14;/h1-6,17-18H,7-10H2;1H. The zero-order chi connectivity index (χ0) is 14.8. The van der Waals surface area contributed by atoms with Gasteiger partial charge in [-0.05, 0) is 35.4 Å². The van der Waals surface area contributed by atoms with Crippen LogP contribution in [0, 0.1) is 0 Å². The van der Waals surface area contributed by atoms with E-state index in [9.17, 15) is 0 Å². The Hall–Kier alpha value is -2.15. The van der Waals surface area contributed by atoms with Crippen LogP contribution in [0.15, 0.2) is 36.4 Å². The van der Waals surface area contributed by atoms with E-state index in [1.54, 1.807) is 0 Å². The van der Waals surface area contributed by atoms with Crippen molar-refractivity contribution in [1.82, 2.24) is 10.9 Å². The van der Waals surface area contributed by atoms with Gasteiger partial charge in [-0.1, -0.05) is 12.1 Å². The van der Waals surface area contributed by atoms with Crippen molar-refractivity contribution in [3.05, 3.63) is 47.5 Å². The Morgan fingerprint density at radius 1 is 0.652 bits per heavy atom. The van der Waals surface area contributed by atoms with E-state index >= 15 is 0 Å². The van der Waals surface area contributed by atoms with Crippen LogP contribution < -0.4 is 29.8 Å². The predicted octanol–water partition coefficient (Wildman–Crippen LogP) is 2.36. The SMILES string of the molecule is Cl.c1cc2c(cc1CNNCc1ccc3c(c1)OCO3)OCO2. The molecule has 2 aromatic carbocycles. The zero-order valence-electron chi connectivity index (χ0n) is 12.3. The molecule has 122 valence electrons. The third kappa shape index (κ3) is 3.44. The van der Waals surface area contributed by atoms with Gasteiger partial charge in [-0.15, -0.1) is 12.4 Å². The Morgan fingerprint density at radius 3 is 1.57 bits per heavy atom. The van der Waals surface area contributed by atoms with Gasteiger partial charge < -0.3 is 18.9 Å². The van der Waals surface area contributed by atoms with Crippen molar-refractivity contribution in [2.45, 2.75) is 13.1 Å². The monoisotopic (exact) mass is 336 g/mol. The Bertz CT molecular complexity index is 636. The molecule has 2 aliphatic heterocycles. The highest BCUT2D eigenvalue weighted by molar-refractivity contribution is 5.85. The lowest BCUT2D eigenvalue weighted by Crippen LogP contribution is -2.30. The van der Waals surface area contributed by atoms with E-state index < -0.39 is 0 Å². The second-order valence-corrected chi connectivity index (χ2v) is 5.08. The minimum Gasteiger partial charge on any atom is -0.454 e. The highest BCUT2D eigenvalue weighted by atomic mass is 35.5. The summed E-state index contributed by atoms with van der Waals surface area (Å²) >= 11 is 0. The average molecular weight is 337 g/mol. The van der Waals surface area contributed by atoms with E-state index in [0.717, 1.165) is 34.1 Å². The summed E-state index contributed by atoms with van der Waals surface area (Å²) in [6.45, 7) is 1.99. The number of nitrogens with one attached hydrogen (secondary N) is 2. The molecule has 23 heavy (non-hydrogen) atoms. The fraction of sp³-hybridized carbons (Fsp3) is 0.250. The molecule has 0 unspecified atom stereocenters. The number of rotatable bonds is 5. The van der Waals surface area contributed by atoms with Gasteiger partial charge in [-0.3, -0.25) is 10.9 Å². The molecule has 0 aliphatic carbocycles. The summed E-state index contributed by atoms with van der Waals surface area (Å²) in [7, 11) is 0. The first-order chi connectivity index (χ1) is 10.9. The van der Waals surface area contributed by atoms with E-state index in [1.807, 2.05) is 36.4 Å². The smallest absolute Gasteiger partial charge is 0.231 e. The van der Waals surface area contributed by atoms with Crippen molar-refractivity contribution in [2.75, 3.05) is 13.6 Å². The van der Waals surface area contributed by atoms with Gasteiger partial charge in [0.1, 0.15) is 0 Å². The van der Waals surface area contributed by atoms with Gasteiger partial charge in [0.2, 0.25) is 13.6 Å². The highest BCUT2D eigenvalue weighted by Crippen LogP contribution is 2.33. The molecule has 2 N–H and O–H groups in total. The molecular formula is C16H17ClN2O4. The molecule has 0 saturated carbocycles. The first-order valence-electron chi connectivity index (χ1n) is 7.11. The molecule has 2 aliphatic rings. The Kier molecular flexibility index (Phi) is 4.76. The van der Waals surface area contributed by atoms with Gasteiger partial charge >= 0.3 is 0 Å². The molecule has 0 spiro atoms. The van der Waals surface area contributed by atoms with E-state index in [2.05, 4.69) is 10.9 Å². The van der Waals surface area contributed by atoms with Crippen molar-refractivity contribution < 1.29 is 18.9 Å². The van der Waals surface area contributed by atoms with E-state index in [4.69, 9.17) is 18.9 Å². The van der Waals surface area contributed by atoms with Crippen LogP contribution in [0.25, 0.3) is 0 Å². The second kappa shape index (κ2) is 6.95. The summed E-state index contributed by atoms with van der Waals surface area (Å²) in [5.41, 5.74) is 8.64. The van der Waals surface area contributed by atoms with Crippen LogP contribution in [0.4, 0.5) is 0 Å². The van der Waals surface area contributed by atoms with Crippen molar-refractivity contribution in [3.8, 4) is 23.0 Å². The first-order valence-corrected chi connectivity index (χ1v) is 7.11. The number of ether oxygens (including phenoxy) is 4. The van der Waals surface area contributed by atoms with Gasteiger partial charge in [0.25, 0.3) is 0 Å². The maximum absolute atomic E-state index is 5.36. The van der Waals surface area contributed by atoms with Crippen LogP contribution in [0.5, 0.6) is 23.0 Å². The van der Waals surface area contributed by atoms with Crippen molar-refractivity contribution >= 4 is 12.4 Å². The van der Waals surface area contributed by atoms with Crippen LogP contribution in [0.2, 0.25) is 0 Å². The molecule has 0 bridgehead atoms. The largest absolute Gasteiger partial charge is 0.454 e. The number of benzene rings is 2. The Balaban J connectivity index is 0.00000156. The third-order valence-corrected chi connectivity index (χ3v) is 3.58. The molecule has 0 aromatic heterocycles. The van der Waals surface area contributed by atoms with Crippen LogP contribution in [-0.2, 0) is 13.1 Å². The Morgan fingerprint density at radius 2 is 1.09 bits per heavy atom. The molecule has 4 rings (SSSR count). The topological polar surface area (TPSA) is 61.0 Å². The summed E-state index contributed by atoms with van der Waals surface area (Å²) < 4.78 is 21.3. The molecule has 0 saturated heterocycles. The minimum atomic E-state index is 0. The summed E-state index contributed by atoms with van der Waals surface area (Å²) in [5.74, 6) is 3.21. The van der Waals surface area contributed by atoms with Crippen molar-refractivity contribution in [2.24, 2.45) is 0 Å². The second-order valence-electron chi connectivity index (χ2n) is 5.08. The molecule has 2 aromatic rings. The van der Waals surface area contributed by atoms with E-state index in [0.29, 0.717) is 26.7 Å². The van der Waals surface area contributed by atoms with E-state index in [1.165, 1.54) is 0 Å². The zero-order valence-corrected chi connectivity index (χ0v) is 13.2. The predicted molar refractivity (Wildman–Crippen MR) is 86.1 cm³/mol. The molecule has 7 heteroatoms. The van der Waals surface area contributed by atoms with E-state index in [-0.39, 0.29) is 12.4 Å². The van der Waals surface area contributed by atoms with Crippen LogP contribution in [0.1, 0.15) is 11.1 Å². The summed E-state index contributed by atoms with van der Waals surface area (Å²) in [4.78, 5) is 0. The lowest BCUT2D eigenvalue weighted by molar-refractivity contribution is 0.173. The van der Waals surface area contributed by atoms with Crippen molar-refractivity contribution in [1.29, 1.82) is 0 Å². The highest BCUT2D eigenvalue weighted by Gasteiger charge is 2.14. The quantitative estimate of drug-likeness (QED) is 0.645. The third-order valence-electron chi connectivity index (χ3n) is 3.58. The number of fused-ring (bicyclic) bond motifs is 2. The van der Waals surface area contributed by atoms with Crippen LogP contribution in [0.3, 0.4) is 0 Å². The summed E-state index contributed by atoms with van der Waals surface area (Å²) in [5, 5.41) is 0. The molecule has 0 fully saturated rings. The maximum atomic E-state index is 5.36. The van der Waals surface area contributed by atoms with Crippen LogP contribution >= 0.6 is 12.4 Å². The van der Waals surface area contributed by atoms with Gasteiger partial charge in [0, 0.05) is 13.1 Å². The van der Waals surface area contributed by atoms with Gasteiger partial charge in [0.15, 0.2) is 23.0 Å². The minimum absolute atomic E-state index is 0. The molecule has 2 heterocycles. The van der Waals surface area contributed by atoms with Gasteiger partial charge in [0.05, 0.1) is 0 Å².